The molecule has 4 amide bonds. The van der Waals surface area contributed by atoms with Crippen molar-refractivity contribution in [2.24, 2.45) is 11.3 Å². The number of alkyl carbamates (subject to hydrolysis) is 1. The van der Waals surface area contributed by atoms with Crippen molar-refractivity contribution in [2.75, 3.05) is 20.3 Å². The van der Waals surface area contributed by atoms with Crippen molar-refractivity contribution < 1.29 is 68.1 Å². The Morgan fingerprint density at radius 2 is 1.75 bits per heavy atom. The third-order valence-electron chi connectivity index (χ3n) is 12.1. The van der Waals surface area contributed by atoms with E-state index in [1.54, 1.807) is 12.2 Å². The molecule has 0 spiro atoms. The van der Waals surface area contributed by atoms with E-state index in [1.165, 1.54) is 32.2 Å². The van der Waals surface area contributed by atoms with Crippen LogP contribution in [-0.4, -0.2) is 102 Å². The van der Waals surface area contributed by atoms with Crippen LogP contribution in [0.25, 0.3) is 11.0 Å². The number of carbonyl (C=O) groups excluding carboxylic acids is 4. The van der Waals surface area contributed by atoms with E-state index in [-0.39, 0.29) is 42.5 Å². The molecule has 0 radical (unpaired) electrons. The number of allylic oxidation sites excluding steroid dienone is 1. The van der Waals surface area contributed by atoms with Crippen LogP contribution < -0.4 is 24.8 Å². The molecule has 2 aliphatic heterocycles. The van der Waals surface area contributed by atoms with E-state index >= 15 is 0 Å². The highest BCUT2D eigenvalue weighted by Gasteiger charge is 2.65. The molecule has 5 atom stereocenters. The van der Waals surface area contributed by atoms with E-state index in [4.69, 9.17) is 14.2 Å². The van der Waals surface area contributed by atoms with E-state index in [2.05, 4.69) is 25.3 Å². The summed E-state index contributed by atoms with van der Waals surface area (Å²) in [6, 6.07) is 0.948. The smallest absolute Gasteiger partial charge is 0.438 e. The molecule has 1 saturated heterocycles. The fourth-order valence-electron chi connectivity index (χ4n) is 7.56. The van der Waals surface area contributed by atoms with Crippen LogP contribution >= 0.6 is 0 Å². The fraction of sp³-hybridized carbons (Fsp3) is 0.632. The third-order valence-corrected chi connectivity index (χ3v) is 14.2. The predicted molar refractivity (Wildman–Crippen MR) is 198 cm³/mol. The van der Waals surface area contributed by atoms with Crippen molar-refractivity contribution in [2.45, 2.75) is 118 Å². The van der Waals surface area contributed by atoms with Crippen LogP contribution in [0, 0.1) is 11.3 Å². The molecule has 2 aromatic rings. The van der Waals surface area contributed by atoms with Gasteiger partial charge in [-0.1, -0.05) is 25.0 Å². The van der Waals surface area contributed by atoms with Crippen molar-refractivity contribution in [3.8, 4) is 11.6 Å². The van der Waals surface area contributed by atoms with Crippen LogP contribution in [0.5, 0.6) is 11.6 Å². The second-order valence-corrected chi connectivity index (χ2v) is 18.7. The molecule has 7 rings (SSSR count). The highest BCUT2D eigenvalue weighted by atomic mass is 32.2. The molecular formula is C38H44F6N6O9S. The Morgan fingerprint density at radius 1 is 1.02 bits per heavy atom. The average molecular weight is 875 g/mol. The highest BCUT2D eigenvalue weighted by Crippen LogP contribution is 2.57. The topological polar surface area (TPSA) is 195 Å². The molecular weight excluding hydrogens is 831 g/mol. The molecule has 15 nitrogen and oxygen atoms in total. The van der Waals surface area contributed by atoms with Crippen molar-refractivity contribution in [3.05, 3.63) is 36.0 Å². The van der Waals surface area contributed by atoms with Gasteiger partial charge in [0.15, 0.2) is 0 Å². The van der Waals surface area contributed by atoms with Crippen LogP contribution in [-0.2, 0) is 35.3 Å². The molecule has 1 aromatic carbocycles. The zero-order valence-electron chi connectivity index (χ0n) is 32.6. The number of nitrogens with one attached hydrogen (secondary N) is 3. The Balaban J connectivity index is 1.20. The maximum absolute atomic E-state index is 14.4. The normalized spacial score (nSPS) is 28.2. The van der Waals surface area contributed by atoms with Gasteiger partial charge < -0.3 is 29.7 Å². The summed E-state index contributed by atoms with van der Waals surface area (Å²) < 4.78 is 127. The minimum absolute atomic E-state index is 0.00553. The number of fused-ring (bicyclic) bond motifs is 3. The summed E-state index contributed by atoms with van der Waals surface area (Å²) in [5.74, 6) is -4.27. The lowest BCUT2D eigenvalue weighted by molar-refractivity contribution is -0.196. The zero-order chi connectivity index (χ0) is 43.5. The van der Waals surface area contributed by atoms with Gasteiger partial charge in [-0.2, -0.15) is 26.3 Å². The molecule has 0 bridgehead atoms. The maximum Gasteiger partial charge on any atom is 0.438 e. The number of alkyl halides is 6. The number of benzene rings is 1. The van der Waals surface area contributed by atoms with Gasteiger partial charge in [-0.3, -0.25) is 19.1 Å². The number of nitrogens with zero attached hydrogens (tertiary/aromatic N) is 3. The molecule has 60 heavy (non-hydrogen) atoms. The summed E-state index contributed by atoms with van der Waals surface area (Å²) in [4.78, 5) is 64.3. The maximum atomic E-state index is 14.4. The summed E-state index contributed by atoms with van der Waals surface area (Å²) in [5.41, 5.74) is -5.64. The Morgan fingerprint density at radius 3 is 2.40 bits per heavy atom. The van der Waals surface area contributed by atoms with Crippen molar-refractivity contribution >= 4 is 44.9 Å². The van der Waals surface area contributed by atoms with Crippen molar-refractivity contribution in [3.63, 3.8) is 0 Å². The number of aromatic nitrogens is 2. The number of carbonyl (C=O) groups is 4. The minimum atomic E-state index is -5.07. The lowest BCUT2D eigenvalue weighted by Gasteiger charge is -2.30. The number of hydrogen-bond acceptors (Lipinski definition) is 11. The van der Waals surface area contributed by atoms with Gasteiger partial charge in [-0.15, -0.1) is 0 Å². The quantitative estimate of drug-likeness (QED) is 0.231. The molecule has 3 aliphatic carbocycles. The monoisotopic (exact) mass is 874 g/mol. The Kier molecular flexibility index (Phi) is 11.2. The molecule has 328 valence electrons. The molecule has 5 aliphatic rings. The lowest BCUT2D eigenvalue weighted by Crippen LogP contribution is -2.58. The van der Waals surface area contributed by atoms with Gasteiger partial charge in [0.05, 0.1) is 29.4 Å². The molecule has 1 aromatic heterocycles. The van der Waals surface area contributed by atoms with Crippen LogP contribution in [0.4, 0.5) is 31.1 Å². The van der Waals surface area contributed by atoms with E-state index in [1.807, 2.05) is 0 Å². The first kappa shape index (κ1) is 43.2. The summed E-state index contributed by atoms with van der Waals surface area (Å²) >= 11 is 0. The van der Waals surface area contributed by atoms with E-state index < -0.39 is 117 Å². The van der Waals surface area contributed by atoms with Gasteiger partial charge in [0, 0.05) is 18.4 Å². The van der Waals surface area contributed by atoms with Crippen LogP contribution in [0.15, 0.2) is 30.4 Å². The highest BCUT2D eigenvalue weighted by molar-refractivity contribution is 7.91. The minimum Gasteiger partial charge on any atom is -0.497 e. The molecule has 3 N–H and O–H groups in total. The van der Waals surface area contributed by atoms with Crippen LogP contribution in [0.2, 0.25) is 0 Å². The van der Waals surface area contributed by atoms with Gasteiger partial charge >= 0.3 is 18.4 Å². The first-order chi connectivity index (χ1) is 28.1. The molecule has 3 saturated carbocycles. The van der Waals surface area contributed by atoms with Crippen LogP contribution in [0.1, 0.15) is 83.2 Å². The summed E-state index contributed by atoms with van der Waals surface area (Å²) in [5, 5.41) is 4.97. The van der Waals surface area contributed by atoms with Crippen molar-refractivity contribution in [1.29, 1.82) is 0 Å². The van der Waals surface area contributed by atoms with Gasteiger partial charge in [-0.05, 0) is 70.4 Å². The number of methoxy groups -OCH3 is 1. The van der Waals surface area contributed by atoms with Gasteiger partial charge in [-0.25, -0.2) is 23.2 Å². The number of rotatable bonds is 9. The Hall–Kier alpha value is -4.89. The summed E-state index contributed by atoms with van der Waals surface area (Å²) in [6.45, 7) is -0.0602. The van der Waals surface area contributed by atoms with Gasteiger partial charge in [0.2, 0.25) is 33.4 Å². The predicted octanol–water partition coefficient (Wildman–Crippen LogP) is 4.84. The largest absolute Gasteiger partial charge is 0.497 e. The van der Waals surface area contributed by atoms with E-state index in [0.29, 0.717) is 38.5 Å². The molecule has 4 fully saturated rings. The average Bonchev–Trinajstić information content (AvgIpc) is 4.12. The summed E-state index contributed by atoms with van der Waals surface area (Å²) in [7, 11) is -2.82. The molecule has 3 heterocycles. The molecule has 22 heteroatoms. The number of hydrogen-bond donors (Lipinski definition) is 3. The van der Waals surface area contributed by atoms with Crippen molar-refractivity contribution in [1.82, 2.24) is 30.2 Å². The number of amides is 4. The lowest BCUT2D eigenvalue weighted by atomic mass is 10.0. The second-order valence-electron chi connectivity index (χ2n) is 16.5. The standard InChI is InChI=1S/C38H44F6N6O9S/c1-34(12-13-34)60(55,56)49-32(53)36-18-21(36)8-6-4-3-5-7-9-25(47-33(54)58-20-35(14-15-35)38(42,43)44)31(52)50-19-23(17-27(50)29(51)48-36)59-30-28(37(39,40)41)45-24-11-10-22(57-2)16-26(24)46-30/h6,8,10-11,16,21,23,25,27H,3-5,7,9,12-15,17-20H2,1-2H3,(H,47,54)(H,48,51)(H,49,53)/b8-6-/t21-,23-,25+,27+,36-/m1/s1. The fourth-order valence-corrected chi connectivity index (χ4v) is 8.88. The van der Waals surface area contributed by atoms with Crippen LogP contribution in [0.3, 0.4) is 0 Å². The van der Waals surface area contributed by atoms with E-state index in [0.717, 1.165) is 4.90 Å². The second kappa shape index (κ2) is 15.5. The first-order valence-electron chi connectivity index (χ1n) is 19.6. The SMILES string of the molecule is COc1ccc2nc(C(F)(F)F)c(O[C@@H]3C[C@H]4C(=O)N[C@]5(C(=O)NS(=O)(=O)C6(C)CC6)C[C@H]5/C=C\CCCCC[C@H](NC(=O)OCC5(C(F)(F)F)CC5)C(=O)N4C3)nc2c1. The molecule has 0 unspecified atom stereocenters. The summed E-state index contributed by atoms with van der Waals surface area (Å²) in [6.07, 6.45) is -7.41. The van der Waals surface area contributed by atoms with Gasteiger partial charge in [0.1, 0.15) is 41.5 Å². The Bertz CT molecular complexity index is 2200. The zero-order valence-corrected chi connectivity index (χ0v) is 33.4. The number of sulfonamides is 1. The number of halogens is 6. The Labute approximate surface area is 340 Å². The number of ether oxygens (including phenoxy) is 3. The third kappa shape index (κ3) is 8.65. The van der Waals surface area contributed by atoms with Gasteiger partial charge in [0.25, 0.3) is 5.91 Å². The first-order valence-corrected chi connectivity index (χ1v) is 21.0. The van der Waals surface area contributed by atoms with E-state index in [9.17, 15) is 53.9 Å².